The van der Waals surface area contributed by atoms with Gasteiger partial charge in [-0.3, -0.25) is 4.79 Å². The maximum absolute atomic E-state index is 11.7. The van der Waals surface area contributed by atoms with Crippen molar-refractivity contribution in [1.29, 1.82) is 0 Å². The molecule has 0 amide bonds. The summed E-state index contributed by atoms with van der Waals surface area (Å²) in [6.07, 6.45) is 2.30. The fraction of sp³-hybridized carbons (Fsp3) is 0.500. The summed E-state index contributed by atoms with van der Waals surface area (Å²) in [7, 11) is 1.42. The van der Waals surface area contributed by atoms with Gasteiger partial charge in [0.2, 0.25) is 0 Å². The van der Waals surface area contributed by atoms with Gasteiger partial charge in [0.25, 0.3) is 0 Å². The Hall–Kier alpha value is -0.780. The highest BCUT2D eigenvalue weighted by Crippen LogP contribution is 2.47. The summed E-state index contributed by atoms with van der Waals surface area (Å²) in [5.74, 6) is 0.640. The third-order valence-electron chi connectivity index (χ3n) is 3.60. The van der Waals surface area contributed by atoms with Gasteiger partial charge in [-0.1, -0.05) is 13.0 Å². The van der Waals surface area contributed by atoms with Gasteiger partial charge in [0.15, 0.2) is 0 Å². The molecule has 0 heterocycles. The number of aromatic hydroxyl groups is 1. The molecular formula is C14H17IO3. The molecule has 0 bridgehead atoms. The van der Waals surface area contributed by atoms with E-state index in [-0.39, 0.29) is 23.6 Å². The number of phenols is 1. The first-order chi connectivity index (χ1) is 8.54. The first kappa shape index (κ1) is 13.6. The van der Waals surface area contributed by atoms with Crippen molar-refractivity contribution in [2.45, 2.75) is 25.7 Å². The average molecular weight is 360 g/mol. The highest BCUT2D eigenvalue weighted by Gasteiger charge is 2.39. The molecule has 1 aliphatic rings. The lowest BCUT2D eigenvalue weighted by Gasteiger charge is -2.22. The van der Waals surface area contributed by atoms with Crippen LogP contribution < -0.4 is 0 Å². The van der Waals surface area contributed by atoms with Crippen LogP contribution in [0.25, 0.3) is 0 Å². The third-order valence-corrected chi connectivity index (χ3v) is 4.51. The van der Waals surface area contributed by atoms with Gasteiger partial charge >= 0.3 is 5.97 Å². The van der Waals surface area contributed by atoms with E-state index in [0.717, 1.165) is 22.0 Å². The van der Waals surface area contributed by atoms with Crippen LogP contribution in [0.1, 0.15) is 31.2 Å². The van der Waals surface area contributed by atoms with Gasteiger partial charge in [-0.05, 0) is 65.0 Å². The maximum atomic E-state index is 11.7. The predicted octanol–water partition coefficient (Wildman–Crippen LogP) is 3.30. The fourth-order valence-corrected chi connectivity index (χ4v) is 2.83. The molecule has 0 aliphatic heterocycles. The van der Waals surface area contributed by atoms with Crippen LogP contribution in [0, 0.1) is 15.4 Å². The van der Waals surface area contributed by atoms with Gasteiger partial charge in [-0.2, -0.15) is 0 Å². The zero-order valence-electron chi connectivity index (χ0n) is 10.5. The highest BCUT2D eigenvalue weighted by atomic mass is 127. The number of carbonyl (C=O) groups is 1. The first-order valence-corrected chi connectivity index (χ1v) is 7.18. The van der Waals surface area contributed by atoms with E-state index in [1.807, 2.05) is 19.1 Å². The molecule has 1 aromatic rings. The van der Waals surface area contributed by atoms with E-state index in [0.29, 0.717) is 5.92 Å². The normalized spacial score (nSPS) is 18.2. The molecule has 4 heteroatoms. The summed E-state index contributed by atoms with van der Waals surface area (Å²) in [5, 5.41) is 9.81. The van der Waals surface area contributed by atoms with Crippen LogP contribution in [0.5, 0.6) is 5.75 Å². The van der Waals surface area contributed by atoms with Gasteiger partial charge in [0.05, 0.1) is 16.6 Å². The van der Waals surface area contributed by atoms with Crippen LogP contribution in [0.3, 0.4) is 0 Å². The summed E-state index contributed by atoms with van der Waals surface area (Å²) in [4.78, 5) is 11.7. The number of carbonyl (C=O) groups excluding carboxylic acids is 1. The van der Waals surface area contributed by atoms with Gasteiger partial charge in [0.1, 0.15) is 5.75 Å². The van der Waals surface area contributed by atoms with Crippen LogP contribution in [-0.4, -0.2) is 18.2 Å². The smallest absolute Gasteiger partial charge is 0.309 e. The van der Waals surface area contributed by atoms with Crippen molar-refractivity contribution in [2.75, 3.05) is 7.11 Å². The lowest BCUT2D eigenvalue weighted by atomic mass is 9.83. The van der Waals surface area contributed by atoms with E-state index in [4.69, 9.17) is 4.74 Å². The Balaban J connectivity index is 2.29. The van der Waals surface area contributed by atoms with Crippen molar-refractivity contribution < 1.29 is 14.6 Å². The lowest BCUT2D eigenvalue weighted by Crippen LogP contribution is -2.22. The van der Waals surface area contributed by atoms with Crippen LogP contribution in [0.15, 0.2) is 18.2 Å². The lowest BCUT2D eigenvalue weighted by molar-refractivity contribution is -0.145. The molecule has 0 saturated heterocycles. The van der Waals surface area contributed by atoms with E-state index < -0.39 is 0 Å². The number of benzene rings is 1. The zero-order chi connectivity index (χ0) is 13.3. The number of esters is 1. The maximum Gasteiger partial charge on any atom is 0.309 e. The molecule has 0 spiro atoms. The van der Waals surface area contributed by atoms with Crippen molar-refractivity contribution in [1.82, 2.24) is 0 Å². The Morgan fingerprint density at radius 1 is 1.50 bits per heavy atom. The minimum absolute atomic E-state index is 0.153. The number of halogens is 1. The molecule has 18 heavy (non-hydrogen) atoms. The number of hydrogen-bond acceptors (Lipinski definition) is 3. The molecule has 1 aromatic carbocycles. The van der Waals surface area contributed by atoms with Crippen molar-refractivity contribution in [3.63, 3.8) is 0 Å². The summed E-state index contributed by atoms with van der Waals surface area (Å²) >= 11 is 2.09. The predicted molar refractivity (Wildman–Crippen MR) is 77.5 cm³/mol. The summed E-state index contributed by atoms with van der Waals surface area (Å²) < 4.78 is 5.67. The number of ether oxygens (including phenoxy) is 1. The van der Waals surface area contributed by atoms with Gasteiger partial charge in [-0.25, -0.2) is 0 Å². The molecule has 98 valence electrons. The molecule has 1 aliphatic carbocycles. The van der Waals surface area contributed by atoms with Gasteiger partial charge in [-0.15, -0.1) is 0 Å². The van der Waals surface area contributed by atoms with E-state index in [1.165, 1.54) is 7.11 Å². The Morgan fingerprint density at radius 2 is 2.17 bits per heavy atom. The van der Waals surface area contributed by atoms with E-state index in [9.17, 15) is 9.90 Å². The first-order valence-electron chi connectivity index (χ1n) is 6.10. The number of hydrogen-bond donors (Lipinski definition) is 1. The van der Waals surface area contributed by atoms with Crippen LogP contribution in [0.2, 0.25) is 0 Å². The van der Waals surface area contributed by atoms with Crippen molar-refractivity contribution in [3.05, 3.63) is 27.3 Å². The monoisotopic (exact) mass is 360 g/mol. The SMILES string of the molecule is COC(=O)[C@@H](C)C(c1ccc(I)c(O)c1)C1CC1. The topological polar surface area (TPSA) is 46.5 Å². The molecule has 0 aromatic heterocycles. The second-order valence-corrected chi connectivity index (χ2v) is 6.05. The van der Waals surface area contributed by atoms with Crippen LogP contribution in [-0.2, 0) is 9.53 Å². The van der Waals surface area contributed by atoms with Crippen molar-refractivity contribution in [3.8, 4) is 5.75 Å². The van der Waals surface area contributed by atoms with Gasteiger partial charge in [0, 0.05) is 0 Å². The molecule has 1 saturated carbocycles. The molecule has 2 atom stereocenters. The van der Waals surface area contributed by atoms with Gasteiger partial charge < -0.3 is 9.84 Å². The Labute approximate surface area is 121 Å². The highest BCUT2D eigenvalue weighted by molar-refractivity contribution is 14.1. The number of phenolic OH excluding ortho intramolecular Hbond substituents is 1. The largest absolute Gasteiger partial charge is 0.507 e. The Morgan fingerprint density at radius 3 is 2.67 bits per heavy atom. The minimum Gasteiger partial charge on any atom is -0.507 e. The van der Waals surface area contributed by atoms with Crippen LogP contribution in [0.4, 0.5) is 0 Å². The number of methoxy groups -OCH3 is 1. The second-order valence-electron chi connectivity index (χ2n) is 4.89. The summed E-state index contributed by atoms with van der Waals surface area (Å²) in [5.41, 5.74) is 1.04. The van der Waals surface area contributed by atoms with E-state index in [1.54, 1.807) is 6.07 Å². The molecule has 0 radical (unpaired) electrons. The molecule has 1 fully saturated rings. The van der Waals surface area contributed by atoms with Crippen LogP contribution >= 0.6 is 22.6 Å². The van der Waals surface area contributed by atoms with E-state index in [2.05, 4.69) is 22.6 Å². The fourth-order valence-electron chi connectivity index (χ4n) is 2.49. The summed E-state index contributed by atoms with van der Waals surface area (Å²) in [6, 6.07) is 5.68. The number of rotatable bonds is 4. The molecule has 1 unspecified atom stereocenters. The molecule has 1 N–H and O–H groups in total. The third kappa shape index (κ3) is 2.79. The van der Waals surface area contributed by atoms with Crippen molar-refractivity contribution >= 4 is 28.6 Å². The van der Waals surface area contributed by atoms with Crippen molar-refractivity contribution in [2.24, 2.45) is 11.8 Å². The average Bonchev–Trinajstić information content (AvgIpc) is 3.17. The zero-order valence-corrected chi connectivity index (χ0v) is 12.7. The summed E-state index contributed by atoms with van der Waals surface area (Å²) in [6.45, 7) is 1.91. The standard InChI is InChI=1S/C14H17IO3/c1-8(14(17)18-2)13(9-3-4-9)10-5-6-11(15)12(16)7-10/h5-9,13,16H,3-4H2,1-2H3/t8-,13?/m0/s1. The second kappa shape index (κ2) is 5.47. The molecular weight excluding hydrogens is 343 g/mol. The quantitative estimate of drug-likeness (QED) is 0.662. The Kier molecular flexibility index (Phi) is 4.14. The Bertz CT molecular complexity index is 454. The minimum atomic E-state index is -0.176. The molecule has 3 nitrogen and oxygen atoms in total. The molecule has 2 rings (SSSR count). The van der Waals surface area contributed by atoms with E-state index >= 15 is 0 Å².